The molecule has 1 fully saturated rings. The third-order valence-corrected chi connectivity index (χ3v) is 3.49. The van der Waals surface area contributed by atoms with Crippen LogP contribution in [0.3, 0.4) is 0 Å². The Morgan fingerprint density at radius 3 is 2.44 bits per heavy atom. The Balaban J connectivity index is 2.26. The van der Waals surface area contributed by atoms with Crippen LogP contribution in [0.4, 0.5) is 0 Å². The van der Waals surface area contributed by atoms with E-state index in [1.165, 1.54) is 30.6 Å². The van der Waals surface area contributed by atoms with E-state index < -0.39 is 0 Å². The lowest BCUT2D eigenvalue weighted by atomic mass is 10.0. The zero-order valence-electron chi connectivity index (χ0n) is 11.7. The van der Waals surface area contributed by atoms with Gasteiger partial charge < -0.3 is 9.47 Å². The average molecular weight is 249 g/mol. The Kier molecular flexibility index (Phi) is 4.48. The van der Waals surface area contributed by atoms with Crippen LogP contribution in [0.2, 0.25) is 0 Å². The van der Waals surface area contributed by atoms with Crippen molar-refractivity contribution in [3.8, 4) is 11.5 Å². The summed E-state index contributed by atoms with van der Waals surface area (Å²) in [6, 6.07) is 4.37. The van der Waals surface area contributed by atoms with Gasteiger partial charge in [0.1, 0.15) is 0 Å². The summed E-state index contributed by atoms with van der Waals surface area (Å²) in [7, 11) is 3.42. The van der Waals surface area contributed by atoms with E-state index in [9.17, 15) is 0 Å². The molecule has 0 unspecified atom stereocenters. The van der Waals surface area contributed by atoms with Crippen LogP contribution < -0.4 is 9.47 Å². The molecular weight excluding hydrogens is 226 g/mol. The predicted octanol–water partition coefficient (Wildman–Crippen LogP) is 2.86. The second kappa shape index (κ2) is 6.10. The maximum Gasteiger partial charge on any atom is 0.163 e. The van der Waals surface area contributed by atoms with Crippen LogP contribution in [0.5, 0.6) is 11.5 Å². The van der Waals surface area contributed by atoms with Crippen molar-refractivity contribution in [2.45, 2.75) is 32.7 Å². The summed E-state index contributed by atoms with van der Waals surface area (Å²) in [4.78, 5) is 2.46. The first kappa shape index (κ1) is 13.2. The molecule has 18 heavy (non-hydrogen) atoms. The van der Waals surface area contributed by atoms with Crippen molar-refractivity contribution in [3.63, 3.8) is 0 Å². The zero-order valence-corrected chi connectivity index (χ0v) is 11.7. The summed E-state index contributed by atoms with van der Waals surface area (Å²) in [5, 5.41) is 0. The molecule has 0 spiro atoms. The highest BCUT2D eigenvalue weighted by atomic mass is 16.5. The van der Waals surface area contributed by atoms with Crippen molar-refractivity contribution in [1.29, 1.82) is 0 Å². The summed E-state index contributed by atoms with van der Waals surface area (Å²) in [5.41, 5.74) is 2.59. The van der Waals surface area contributed by atoms with Crippen molar-refractivity contribution >= 4 is 0 Å². The Morgan fingerprint density at radius 2 is 1.94 bits per heavy atom. The second-order valence-corrected chi connectivity index (χ2v) is 4.87. The van der Waals surface area contributed by atoms with Gasteiger partial charge in [-0.15, -0.1) is 0 Å². The largest absolute Gasteiger partial charge is 0.493 e. The van der Waals surface area contributed by atoms with Crippen LogP contribution in [0, 0.1) is 0 Å². The van der Waals surface area contributed by atoms with Gasteiger partial charge in [-0.05, 0) is 43.1 Å². The molecule has 3 nitrogen and oxygen atoms in total. The number of ether oxygens (including phenoxy) is 2. The van der Waals surface area contributed by atoms with Gasteiger partial charge in [-0.3, -0.25) is 4.90 Å². The SMILES string of the molecule is CCCc1cc(CN2CCC2)cc(OC)c1OC. The van der Waals surface area contributed by atoms with E-state index >= 15 is 0 Å². The van der Waals surface area contributed by atoms with Crippen LogP contribution in [-0.2, 0) is 13.0 Å². The number of rotatable bonds is 6. The number of aryl methyl sites for hydroxylation is 1. The maximum absolute atomic E-state index is 5.48. The third kappa shape index (κ3) is 2.78. The molecule has 0 saturated carbocycles. The number of methoxy groups -OCH3 is 2. The molecule has 3 heteroatoms. The predicted molar refractivity (Wildman–Crippen MR) is 73.4 cm³/mol. The standard InChI is InChI=1S/C15H23NO2/c1-4-6-13-9-12(11-16-7-5-8-16)10-14(17-2)15(13)18-3/h9-10H,4-8,11H2,1-3H3. The fourth-order valence-corrected chi connectivity index (χ4v) is 2.45. The molecule has 1 aromatic rings. The van der Waals surface area contributed by atoms with Gasteiger partial charge in [-0.25, -0.2) is 0 Å². The minimum Gasteiger partial charge on any atom is -0.493 e. The van der Waals surface area contributed by atoms with E-state index in [0.717, 1.165) is 30.9 Å². The van der Waals surface area contributed by atoms with Gasteiger partial charge >= 0.3 is 0 Å². The van der Waals surface area contributed by atoms with Gasteiger partial charge in [0.05, 0.1) is 14.2 Å². The van der Waals surface area contributed by atoms with Gasteiger partial charge in [-0.1, -0.05) is 19.4 Å². The smallest absolute Gasteiger partial charge is 0.163 e. The number of benzene rings is 1. The number of nitrogens with zero attached hydrogens (tertiary/aromatic N) is 1. The van der Waals surface area contributed by atoms with Gasteiger partial charge in [0.25, 0.3) is 0 Å². The topological polar surface area (TPSA) is 21.7 Å². The highest BCUT2D eigenvalue weighted by molar-refractivity contribution is 5.49. The van der Waals surface area contributed by atoms with Crippen LogP contribution >= 0.6 is 0 Å². The third-order valence-electron chi connectivity index (χ3n) is 3.49. The molecule has 1 saturated heterocycles. The first-order valence-electron chi connectivity index (χ1n) is 6.74. The first-order chi connectivity index (χ1) is 8.78. The monoisotopic (exact) mass is 249 g/mol. The highest BCUT2D eigenvalue weighted by Crippen LogP contribution is 2.34. The summed E-state index contributed by atoms with van der Waals surface area (Å²) in [5.74, 6) is 1.76. The lowest BCUT2D eigenvalue weighted by Gasteiger charge is -2.31. The summed E-state index contributed by atoms with van der Waals surface area (Å²) in [6.45, 7) is 5.65. The number of hydrogen-bond acceptors (Lipinski definition) is 3. The van der Waals surface area contributed by atoms with Crippen LogP contribution in [0.1, 0.15) is 30.9 Å². The molecule has 0 atom stereocenters. The molecule has 1 aliphatic heterocycles. The Morgan fingerprint density at radius 1 is 1.17 bits per heavy atom. The van der Waals surface area contributed by atoms with E-state index in [1.54, 1.807) is 14.2 Å². The van der Waals surface area contributed by atoms with Gasteiger partial charge in [0.15, 0.2) is 11.5 Å². The minimum absolute atomic E-state index is 0.860. The lowest BCUT2D eigenvalue weighted by molar-refractivity contribution is 0.172. The normalized spacial score (nSPS) is 15.3. The van der Waals surface area contributed by atoms with E-state index in [1.807, 2.05) is 0 Å². The van der Waals surface area contributed by atoms with E-state index in [0.29, 0.717) is 0 Å². The molecule has 0 radical (unpaired) electrons. The summed E-state index contributed by atoms with van der Waals surface area (Å²) < 4.78 is 10.9. The van der Waals surface area contributed by atoms with Crippen LogP contribution in [0.15, 0.2) is 12.1 Å². The van der Waals surface area contributed by atoms with Gasteiger partial charge in [0.2, 0.25) is 0 Å². The molecule has 0 aliphatic carbocycles. The molecule has 1 aromatic carbocycles. The van der Waals surface area contributed by atoms with Crippen LogP contribution in [0.25, 0.3) is 0 Å². The molecule has 0 bridgehead atoms. The lowest BCUT2D eigenvalue weighted by Crippen LogP contribution is -2.36. The molecule has 0 aromatic heterocycles. The molecule has 2 rings (SSSR count). The Labute approximate surface area is 110 Å². The van der Waals surface area contributed by atoms with Gasteiger partial charge in [0, 0.05) is 6.54 Å². The van der Waals surface area contributed by atoms with Crippen molar-refractivity contribution < 1.29 is 9.47 Å². The highest BCUT2D eigenvalue weighted by Gasteiger charge is 2.17. The maximum atomic E-state index is 5.48. The first-order valence-corrected chi connectivity index (χ1v) is 6.74. The van der Waals surface area contributed by atoms with Crippen molar-refractivity contribution in [2.24, 2.45) is 0 Å². The summed E-state index contributed by atoms with van der Waals surface area (Å²) >= 11 is 0. The van der Waals surface area contributed by atoms with Crippen molar-refractivity contribution in [2.75, 3.05) is 27.3 Å². The van der Waals surface area contributed by atoms with Crippen molar-refractivity contribution in [3.05, 3.63) is 23.3 Å². The molecule has 1 heterocycles. The molecule has 0 N–H and O–H groups in total. The van der Waals surface area contributed by atoms with E-state index in [-0.39, 0.29) is 0 Å². The summed E-state index contributed by atoms with van der Waals surface area (Å²) in [6.07, 6.45) is 3.48. The molecular formula is C15H23NO2. The Bertz CT molecular complexity index is 400. The molecule has 1 aliphatic rings. The van der Waals surface area contributed by atoms with Crippen molar-refractivity contribution in [1.82, 2.24) is 4.90 Å². The zero-order chi connectivity index (χ0) is 13.0. The fraction of sp³-hybridized carbons (Fsp3) is 0.600. The molecule has 0 amide bonds. The number of likely N-dealkylation sites (tertiary alicyclic amines) is 1. The average Bonchev–Trinajstić information content (AvgIpc) is 2.33. The Hall–Kier alpha value is -1.22. The van der Waals surface area contributed by atoms with E-state index in [4.69, 9.17) is 9.47 Å². The van der Waals surface area contributed by atoms with Gasteiger partial charge in [-0.2, -0.15) is 0 Å². The second-order valence-electron chi connectivity index (χ2n) is 4.87. The van der Waals surface area contributed by atoms with E-state index in [2.05, 4.69) is 24.0 Å². The number of hydrogen-bond donors (Lipinski definition) is 0. The quantitative estimate of drug-likeness (QED) is 0.774. The minimum atomic E-state index is 0.860. The molecule has 100 valence electrons. The van der Waals surface area contributed by atoms with Crippen LogP contribution in [-0.4, -0.2) is 32.2 Å². The fourth-order valence-electron chi connectivity index (χ4n) is 2.45.